The van der Waals surface area contributed by atoms with Crippen LogP contribution in [0.4, 0.5) is 5.69 Å². The third-order valence-corrected chi connectivity index (χ3v) is 3.39. The molecule has 1 N–H and O–H groups in total. The molecule has 0 saturated heterocycles. The fourth-order valence-corrected chi connectivity index (χ4v) is 2.14. The van der Waals surface area contributed by atoms with Gasteiger partial charge in [0.1, 0.15) is 5.75 Å². The molecule has 0 heterocycles. The van der Waals surface area contributed by atoms with Crippen molar-refractivity contribution in [3.8, 4) is 5.75 Å². The normalized spacial score (nSPS) is 10.8. The van der Waals surface area contributed by atoms with Crippen molar-refractivity contribution in [2.75, 3.05) is 38.7 Å². The molecule has 0 amide bonds. The Morgan fingerprint density at radius 2 is 2.00 bits per heavy atom. The molecule has 0 radical (unpaired) electrons. The second kappa shape index (κ2) is 9.65. The zero-order valence-electron chi connectivity index (χ0n) is 13.5. The van der Waals surface area contributed by atoms with Gasteiger partial charge in [0.15, 0.2) is 0 Å². The number of unbranched alkanes of at least 4 members (excludes halogenated alkanes) is 2. The maximum absolute atomic E-state index is 5.26. The molecule has 1 aromatic rings. The van der Waals surface area contributed by atoms with Crippen LogP contribution in [-0.2, 0) is 0 Å². The van der Waals surface area contributed by atoms with Crippen LogP contribution >= 0.6 is 0 Å². The van der Waals surface area contributed by atoms with E-state index in [1.54, 1.807) is 7.11 Å². The summed E-state index contributed by atoms with van der Waals surface area (Å²) in [5.74, 6) is 1.67. The zero-order chi connectivity index (χ0) is 14.8. The van der Waals surface area contributed by atoms with Gasteiger partial charge in [-0.3, -0.25) is 0 Å². The summed E-state index contributed by atoms with van der Waals surface area (Å²) in [6.07, 6.45) is 3.77. The largest absolute Gasteiger partial charge is 0.497 e. The van der Waals surface area contributed by atoms with Crippen molar-refractivity contribution in [2.45, 2.75) is 33.1 Å². The number of rotatable bonds is 10. The van der Waals surface area contributed by atoms with E-state index >= 15 is 0 Å². The Bertz CT molecular complexity index is 366. The van der Waals surface area contributed by atoms with E-state index in [1.807, 2.05) is 12.1 Å². The highest BCUT2D eigenvalue weighted by molar-refractivity contribution is 5.49. The molecule has 0 spiro atoms. The average Bonchev–Trinajstić information content (AvgIpc) is 2.45. The third-order valence-electron chi connectivity index (χ3n) is 3.39. The maximum Gasteiger partial charge on any atom is 0.120 e. The first-order valence-electron chi connectivity index (χ1n) is 7.69. The van der Waals surface area contributed by atoms with Gasteiger partial charge in [-0.15, -0.1) is 0 Å². The number of benzene rings is 1. The number of hydrogen-bond donors (Lipinski definition) is 1. The summed E-state index contributed by atoms with van der Waals surface area (Å²) in [5, 5.41) is 3.49. The predicted octanol–water partition coefficient (Wildman–Crippen LogP) is 3.55. The van der Waals surface area contributed by atoms with E-state index in [4.69, 9.17) is 4.74 Å². The van der Waals surface area contributed by atoms with Crippen molar-refractivity contribution in [3.63, 3.8) is 0 Å². The van der Waals surface area contributed by atoms with Crippen molar-refractivity contribution < 1.29 is 4.74 Å². The highest BCUT2D eigenvalue weighted by atomic mass is 16.5. The van der Waals surface area contributed by atoms with E-state index in [0.717, 1.165) is 31.3 Å². The van der Waals surface area contributed by atoms with Crippen molar-refractivity contribution in [3.05, 3.63) is 24.3 Å². The highest BCUT2D eigenvalue weighted by Gasteiger charge is 2.02. The summed E-state index contributed by atoms with van der Waals surface area (Å²) in [7, 11) is 3.86. The van der Waals surface area contributed by atoms with Crippen LogP contribution in [-0.4, -0.2) is 33.8 Å². The molecule has 1 rings (SSSR count). The molecule has 3 heteroatoms. The molecular formula is C17H30N2O. The molecule has 0 unspecified atom stereocenters. The van der Waals surface area contributed by atoms with Crippen molar-refractivity contribution in [2.24, 2.45) is 5.92 Å². The second-order valence-electron chi connectivity index (χ2n) is 5.78. The number of methoxy groups -OCH3 is 1. The minimum Gasteiger partial charge on any atom is -0.497 e. The van der Waals surface area contributed by atoms with Gasteiger partial charge in [-0.2, -0.15) is 0 Å². The van der Waals surface area contributed by atoms with Crippen molar-refractivity contribution in [1.82, 2.24) is 5.32 Å². The number of anilines is 1. The predicted molar refractivity (Wildman–Crippen MR) is 87.8 cm³/mol. The van der Waals surface area contributed by atoms with Crippen molar-refractivity contribution >= 4 is 5.69 Å². The number of hydrogen-bond acceptors (Lipinski definition) is 3. The molecule has 114 valence electrons. The summed E-state index contributed by atoms with van der Waals surface area (Å²) >= 11 is 0. The molecular weight excluding hydrogens is 248 g/mol. The first-order chi connectivity index (χ1) is 9.63. The van der Waals surface area contributed by atoms with Gasteiger partial charge in [0.05, 0.1) is 7.11 Å². The molecule has 3 nitrogen and oxygen atoms in total. The molecule has 0 aromatic heterocycles. The van der Waals surface area contributed by atoms with Crippen LogP contribution in [0.25, 0.3) is 0 Å². The molecule has 0 fully saturated rings. The van der Waals surface area contributed by atoms with E-state index in [9.17, 15) is 0 Å². The molecule has 0 aliphatic carbocycles. The molecule has 20 heavy (non-hydrogen) atoms. The van der Waals surface area contributed by atoms with E-state index in [0.29, 0.717) is 0 Å². The topological polar surface area (TPSA) is 24.5 Å². The summed E-state index contributed by atoms with van der Waals surface area (Å²) in [5.41, 5.74) is 1.22. The maximum atomic E-state index is 5.26. The third kappa shape index (κ3) is 6.80. The lowest BCUT2D eigenvalue weighted by molar-refractivity contribution is 0.415. The number of nitrogens with one attached hydrogen (secondary N) is 1. The standard InChI is InChI=1S/C17H30N2O/c1-15(2)14-18-11-6-5-7-12-19(3)16-9-8-10-17(13-16)20-4/h8-10,13,15,18H,5-7,11-12,14H2,1-4H3. The molecule has 0 saturated carbocycles. The van der Waals surface area contributed by atoms with Gasteiger partial charge in [-0.05, 0) is 44.0 Å². The van der Waals surface area contributed by atoms with Gasteiger partial charge < -0.3 is 15.0 Å². The summed E-state index contributed by atoms with van der Waals surface area (Å²) in [6, 6.07) is 8.25. The Kier molecular flexibility index (Phi) is 8.12. The Labute approximate surface area is 124 Å². The lowest BCUT2D eigenvalue weighted by atomic mass is 10.2. The minimum absolute atomic E-state index is 0.745. The van der Waals surface area contributed by atoms with Crippen LogP contribution in [0.1, 0.15) is 33.1 Å². The summed E-state index contributed by atoms with van der Waals surface area (Å²) < 4.78 is 5.26. The summed E-state index contributed by atoms with van der Waals surface area (Å²) in [6.45, 7) is 7.86. The Morgan fingerprint density at radius 3 is 2.70 bits per heavy atom. The molecule has 0 aliphatic rings. The quantitative estimate of drug-likeness (QED) is 0.662. The second-order valence-corrected chi connectivity index (χ2v) is 5.78. The van der Waals surface area contributed by atoms with Crippen molar-refractivity contribution in [1.29, 1.82) is 0 Å². The first kappa shape index (κ1) is 16.8. The van der Waals surface area contributed by atoms with Crippen LogP contribution in [0.15, 0.2) is 24.3 Å². The Balaban J connectivity index is 2.15. The van der Waals surface area contributed by atoms with Crippen LogP contribution in [0.2, 0.25) is 0 Å². The average molecular weight is 278 g/mol. The van der Waals surface area contributed by atoms with E-state index in [1.165, 1.54) is 24.9 Å². The van der Waals surface area contributed by atoms with Crippen LogP contribution < -0.4 is 15.0 Å². The Morgan fingerprint density at radius 1 is 1.20 bits per heavy atom. The van der Waals surface area contributed by atoms with Gasteiger partial charge in [-0.25, -0.2) is 0 Å². The fraction of sp³-hybridized carbons (Fsp3) is 0.647. The van der Waals surface area contributed by atoms with Gasteiger partial charge in [-0.1, -0.05) is 26.3 Å². The molecule has 0 aliphatic heterocycles. The summed E-state index contributed by atoms with van der Waals surface area (Å²) in [4.78, 5) is 2.30. The molecule has 1 aromatic carbocycles. The minimum atomic E-state index is 0.745. The SMILES string of the molecule is COc1cccc(N(C)CCCCCNCC(C)C)c1. The highest BCUT2D eigenvalue weighted by Crippen LogP contribution is 2.20. The van der Waals surface area contributed by atoms with Gasteiger partial charge in [0.25, 0.3) is 0 Å². The molecule has 0 atom stereocenters. The zero-order valence-corrected chi connectivity index (χ0v) is 13.5. The number of nitrogens with zero attached hydrogens (tertiary/aromatic N) is 1. The van der Waals surface area contributed by atoms with Gasteiger partial charge in [0, 0.05) is 25.3 Å². The first-order valence-corrected chi connectivity index (χ1v) is 7.69. The Hall–Kier alpha value is -1.22. The van der Waals surface area contributed by atoms with Crippen LogP contribution in [0, 0.1) is 5.92 Å². The van der Waals surface area contributed by atoms with E-state index in [-0.39, 0.29) is 0 Å². The smallest absolute Gasteiger partial charge is 0.120 e. The number of ether oxygens (including phenoxy) is 1. The lowest BCUT2D eigenvalue weighted by Crippen LogP contribution is -2.21. The monoisotopic (exact) mass is 278 g/mol. The lowest BCUT2D eigenvalue weighted by Gasteiger charge is -2.19. The van der Waals surface area contributed by atoms with Gasteiger partial charge in [0.2, 0.25) is 0 Å². The fourth-order valence-electron chi connectivity index (χ4n) is 2.14. The van der Waals surface area contributed by atoms with Gasteiger partial charge >= 0.3 is 0 Å². The van der Waals surface area contributed by atoms with Crippen LogP contribution in [0.5, 0.6) is 5.75 Å². The van der Waals surface area contributed by atoms with Crippen LogP contribution in [0.3, 0.4) is 0 Å². The van der Waals surface area contributed by atoms with E-state index in [2.05, 4.69) is 43.2 Å². The molecule has 0 bridgehead atoms. The van der Waals surface area contributed by atoms with E-state index < -0.39 is 0 Å².